The second kappa shape index (κ2) is 6.58. The molecule has 0 amide bonds. The van der Waals surface area contributed by atoms with E-state index in [4.69, 9.17) is 5.11 Å². The molecule has 3 rings (SSSR count). The first-order valence-electron chi connectivity index (χ1n) is 7.52. The summed E-state index contributed by atoms with van der Waals surface area (Å²) in [6.45, 7) is 0. The lowest BCUT2D eigenvalue weighted by Gasteiger charge is -2.14. The van der Waals surface area contributed by atoms with Gasteiger partial charge in [0.2, 0.25) is 0 Å². The zero-order valence-corrected chi connectivity index (χ0v) is 12.8. The fourth-order valence-electron chi connectivity index (χ4n) is 2.66. The normalized spacial score (nSPS) is 10.7. The van der Waals surface area contributed by atoms with Crippen LogP contribution in [0.5, 0.6) is 5.75 Å². The van der Waals surface area contributed by atoms with E-state index in [1.54, 1.807) is 36.4 Å². The van der Waals surface area contributed by atoms with Crippen LogP contribution in [-0.2, 0) is 11.2 Å². The highest BCUT2D eigenvalue weighted by atomic mass is 19.1. The maximum absolute atomic E-state index is 13.2. The number of carboxylic acid groups (broad SMARTS) is 1. The van der Waals surface area contributed by atoms with Crippen molar-refractivity contribution in [3.63, 3.8) is 0 Å². The van der Waals surface area contributed by atoms with Gasteiger partial charge in [0.25, 0.3) is 0 Å². The Labute approximate surface area is 138 Å². The Balaban J connectivity index is 2.09. The van der Waals surface area contributed by atoms with Gasteiger partial charge in [0.15, 0.2) is 0 Å². The van der Waals surface area contributed by atoms with Gasteiger partial charge < -0.3 is 14.8 Å². The molecule has 24 heavy (non-hydrogen) atoms. The first-order valence-corrected chi connectivity index (χ1v) is 7.52. The third kappa shape index (κ3) is 3.30. The van der Waals surface area contributed by atoms with Gasteiger partial charge in [0, 0.05) is 11.4 Å². The van der Waals surface area contributed by atoms with E-state index in [0.717, 1.165) is 22.6 Å². The second-order valence-electron chi connectivity index (χ2n) is 5.46. The Morgan fingerprint density at radius 2 is 1.62 bits per heavy atom. The number of phenols is 1. The third-order valence-corrected chi connectivity index (χ3v) is 3.80. The van der Waals surface area contributed by atoms with Gasteiger partial charge in [-0.15, -0.1) is 0 Å². The number of halogens is 1. The second-order valence-corrected chi connectivity index (χ2v) is 5.46. The summed E-state index contributed by atoms with van der Waals surface area (Å²) in [6, 6.07) is 16.6. The highest BCUT2D eigenvalue weighted by molar-refractivity contribution is 5.68. The molecule has 0 aliphatic heterocycles. The van der Waals surface area contributed by atoms with E-state index in [1.165, 1.54) is 12.1 Å². The quantitative estimate of drug-likeness (QED) is 0.745. The number of aryl methyl sites for hydroxylation is 1. The molecule has 122 valence electrons. The molecule has 0 unspecified atom stereocenters. The molecule has 2 N–H and O–H groups in total. The van der Waals surface area contributed by atoms with Crippen molar-refractivity contribution in [1.29, 1.82) is 0 Å². The van der Waals surface area contributed by atoms with Crippen molar-refractivity contribution < 1.29 is 19.4 Å². The Morgan fingerprint density at radius 1 is 0.958 bits per heavy atom. The Kier molecular flexibility index (Phi) is 4.33. The summed E-state index contributed by atoms with van der Waals surface area (Å²) in [4.78, 5) is 10.9. The maximum Gasteiger partial charge on any atom is 0.303 e. The summed E-state index contributed by atoms with van der Waals surface area (Å²) in [5, 5.41) is 18.4. The first-order chi connectivity index (χ1) is 11.5. The molecule has 0 fully saturated rings. The van der Waals surface area contributed by atoms with Crippen molar-refractivity contribution in [3.8, 4) is 22.7 Å². The van der Waals surface area contributed by atoms with Gasteiger partial charge >= 0.3 is 5.97 Å². The molecule has 5 heteroatoms. The van der Waals surface area contributed by atoms with Crippen LogP contribution in [0.15, 0.2) is 60.7 Å². The van der Waals surface area contributed by atoms with Crippen LogP contribution < -0.4 is 0 Å². The zero-order chi connectivity index (χ0) is 17.1. The van der Waals surface area contributed by atoms with Gasteiger partial charge in [-0.05, 0) is 72.6 Å². The highest BCUT2D eigenvalue weighted by Crippen LogP contribution is 2.28. The summed E-state index contributed by atoms with van der Waals surface area (Å²) in [5.74, 6) is -1.02. The molecule has 2 aromatic carbocycles. The molecule has 3 aromatic rings. The average molecular weight is 325 g/mol. The minimum atomic E-state index is -0.864. The first kappa shape index (κ1) is 15.8. The van der Waals surface area contributed by atoms with E-state index in [0.29, 0.717) is 6.42 Å². The van der Waals surface area contributed by atoms with Gasteiger partial charge in [0.1, 0.15) is 11.6 Å². The molecule has 0 aliphatic carbocycles. The predicted octanol–water partition coefficient (Wildman–Crippen LogP) is 4.01. The van der Waals surface area contributed by atoms with E-state index in [9.17, 15) is 14.3 Å². The molecular formula is C19H16FNO3. The van der Waals surface area contributed by atoms with Crippen molar-refractivity contribution in [2.45, 2.75) is 12.8 Å². The Morgan fingerprint density at radius 3 is 2.25 bits per heavy atom. The number of benzene rings is 2. The van der Waals surface area contributed by atoms with Crippen LogP contribution in [0.3, 0.4) is 0 Å². The molecule has 0 radical (unpaired) electrons. The third-order valence-electron chi connectivity index (χ3n) is 3.80. The van der Waals surface area contributed by atoms with Gasteiger partial charge in [0.05, 0.1) is 12.1 Å². The lowest BCUT2D eigenvalue weighted by Crippen LogP contribution is -2.05. The average Bonchev–Trinajstić information content (AvgIpc) is 2.98. The Hall–Kier alpha value is -3.08. The summed E-state index contributed by atoms with van der Waals surface area (Å²) in [7, 11) is 0. The number of hydrogen-bond donors (Lipinski definition) is 2. The topological polar surface area (TPSA) is 62.5 Å². The molecule has 0 spiro atoms. The van der Waals surface area contributed by atoms with Crippen LogP contribution in [-0.4, -0.2) is 20.7 Å². The standard InChI is InChI=1S/C19H16FNO3/c20-14-3-1-13(2-4-14)18-11-7-16(8-12-19(23)24)21(18)15-5-9-17(22)10-6-15/h1-7,9-11,22H,8,12H2,(H,23,24). The van der Waals surface area contributed by atoms with Crippen LogP contribution in [0.25, 0.3) is 16.9 Å². The van der Waals surface area contributed by atoms with Crippen LogP contribution in [0, 0.1) is 5.82 Å². The minimum Gasteiger partial charge on any atom is -0.508 e. The van der Waals surface area contributed by atoms with Crippen molar-refractivity contribution >= 4 is 5.97 Å². The maximum atomic E-state index is 13.2. The van der Waals surface area contributed by atoms with Crippen molar-refractivity contribution in [2.24, 2.45) is 0 Å². The van der Waals surface area contributed by atoms with Gasteiger partial charge in [-0.25, -0.2) is 4.39 Å². The van der Waals surface area contributed by atoms with Crippen LogP contribution in [0.2, 0.25) is 0 Å². The van der Waals surface area contributed by atoms with Crippen LogP contribution in [0.1, 0.15) is 12.1 Å². The largest absolute Gasteiger partial charge is 0.508 e. The SMILES string of the molecule is O=C(O)CCc1ccc(-c2ccc(F)cc2)n1-c1ccc(O)cc1. The summed E-state index contributed by atoms with van der Waals surface area (Å²) < 4.78 is 15.1. The molecule has 4 nitrogen and oxygen atoms in total. The number of rotatable bonds is 5. The number of nitrogens with zero attached hydrogens (tertiary/aromatic N) is 1. The van der Waals surface area contributed by atoms with Gasteiger partial charge in [-0.3, -0.25) is 4.79 Å². The molecule has 0 atom stereocenters. The molecule has 0 saturated heterocycles. The summed E-state index contributed by atoms with van der Waals surface area (Å²) in [5.41, 5.74) is 3.30. The lowest BCUT2D eigenvalue weighted by atomic mass is 10.1. The van der Waals surface area contributed by atoms with Crippen molar-refractivity contribution in [2.75, 3.05) is 0 Å². The summed E-state index contributed by atoms with van der Waals surface area (Å²) in [6.07, 6.45) is 0.391. The van der Waals surface area contributed by atoms with Crippen molar-refractivity contribution in [3.05, 3.63) is 72.2 Å². The Bertz CT molecular complexity index is 851. The molecule has 0 saturated carbocycles. The number of aliphatic carboxylic acids is 1. The minimum absolute atomic E-state index is 0.0188. The van der Waals surface area contributed by atoms with E-state index >= 15 is 0 Å². The lowest BCUT2D eigenvalue weighted by molar-refractivity contribution is -0.136. The van der Waals surface area contributed by atoms with Gasteiger partial charge in [-0.2, -0.15) is 0 Å². The number of carboxylic acids is 1. The zero-order valence-electron chi connectivity index (χ0n) is 12.8. The predicted molar refractivity (Wildman–Crippen MR) is 88.8 cm³/mol. The number of hydrogen-bond acceptors (Lipinski definition) is 2. The number of aromatic hydroxyl groups is 1. The molecule has 1 aromatic heterocycles. The smallest absolute Gasteiger partial charge is 0.303 e. The van der Waals surface area contributed by atoms with E-state index in [1.807, 2.05) is 16.7 Å². The fraction of sp³-hybridized carbons (Fsp3) is 0.105. The number of phenolic OH excluding ortho intramolecular Hbond substituents is 1. The van der Waals surface area contributed by atoms with E-state index in [2.05, 4.69) is 0 Å². The fourth-order valence-corrected chi connectivity index (χ4v) is 2.66. The molecule has 0 aliphatic rings. The molecular weight excluding hydrogens is 309 g/mol. The monoisotopic (exact) mass is 325 g/mol. The van der Waals surface area contributed by atoms with E-state index < -0.39 is 5.97 Å². The van der Waals surface area contributed by atoms with E-state index in [-0.39, 0.29) is 18.0 Å². The number of carbonyl (C=O) groups is 1. The van der Waals surface area contributed by atoms with Crippen molar-refractivity contribution in [1.82, 2.24) is 4.57 Å². The molecule has 0 bridgehead atoms. The van der Waals surface area contributed by atoms with Gasteiger partial charge in [-0.1, -0.05) is 0 Å². The van der Waals surface area contributed by atoms with Crippen LogP contribution in [0.4, 0.5) is 4.39 Å². The van der Waals surface area contributed by atoms with Crippen LogP contribution >= 0.6 is 0 Å². The summed E-state index contributed by atoms with van der Waals surface area (Å²) >= 11 is 0. The number of aromatic nitrogens is 1. The highest BCUT2D eigenvalue weighted by Gasteiger charge is 2.13. The molecule has 1 heterocycles.